The second-order valence-corrected chi connectivity index (χ2v) is 4.58. The first-order chi connectivity index (χ1) is 7.33. The van der Waals surface area contributed by atoms with Crippen molar-refractivity contribution in [2.24, 2.45) is 5.73 Å². The molecular formula is C11H14N2OS. The third-order valence-electron chi connectivity index (χ3n) is 2.26. The Morgan fingerprint density at radius 3 is 2.93 bits per heavy atom. The minimum atomic E-state index is 0.387. The molecule has 2 N–H and O–H groups in total. The van der Waals surface area contributed by atoms with E-state index in [9.17, 15) is 0 Å². The molecule has 3 nitrogen and oxygen atoms in total. The molecule has 4 heteroatoms. The van der Waals surface area contributed by atoms with E-state index in [-0.39, 0.29) is 0 Å². The number of fused-ring (bicyclic) bond motifs is 1. The summed E-state index contributed by atoms with van der Waals surface area (Å²) < 4.78 is 5.60. The second kappa shape index (κ2) is 4.68. The predicted octanol–water partition coefficient (Wildman–Crippen LogP) is 2.66. The van der Waals surface area contributed by atoms with Gasteiger partial charge >= 0.3 is 0 Å². The summed E-state index contributed by atoms with van der Waals surface area (Å²) in [6.07, 6.45) is 1.03. The van der Waals surface area contributed by atoms with Crippen LogP contribution in [0.5, 0.6) is 0 Å². The third kappa shape index (κ3) is 2.33. The summed E-state index contributed by atoms with van der Waals surface area (Å²) in [5.74, 6) is 0. The molecule has 0 aliphatic rings. The Hall–Kier alpha value is -1.00. The fourth-order valence-corrected chi connectivity index (χ4v) is 2.18. The maximum atomic E-state index is 5.64. The average Bonchev–Trinajstić information content (AvgIpc) is 2.68. The average molecular weight is 222 g/mol. The van der Waals surface area contributed by atoms with Crippen molar-refractivity contribution in [2.45, 2.75) is 23.8 Å². The molecule has 1 aromatic heterocycles. The molecule has 80 valence electrons. The van der Waals surface area contributed by atoms with E-state index in [1.165, 1.54) is 0 Å². The first-order valence-corrected chi connectivity index (χ1v) is 5.93. The first-order valence-electron chi connectivity index (χ1n) is 5.05. The van der Waals surface area contributed by atoms with Gasteiger partial charge in [0, 0.05) is 11.8 Å². The molecule has 1 unspecified atom stereocenters. The van der Waals surface area contributed by atoms with Crippen molar-refractivity contribution in [3.63, 3.8) is 0 Å². The third-order valence-corrected chi connectivity index (χ3v) is 3.50. The molecule has 0 fully saturated rings. The largest absolute Gasteiger partial charge is 0.431 e. The highest BCUT2D eigenvalue weighted by molar-refractivity contribution is 7.99. The SMILES string of the molecule is CCC(CN)Sc1nc2ccccc2o1. The summed E-state index contributed by atoms with van der Waals surface area (Å²) in [5, 5.41) is 1.10. The van der Waals surface area contributed by atoms with Crippen LogP contribution in [-0.4, -0.2) is 16.8 Å². The lowest BCUT2D eigenvalue weighted by Crippen LogP contribution is -2.15. The fraction of sp³-hybridized carbons (Fsp3) is 0.364. The summed E-state index contributed by atoms with van der Waals surface area (Å²) >= 11 is 1.61. The van der Waals surface area contributed by atoms with Crippen LogP contribution in [0, 0.1) is 0 Å². The lowest BCUT2D eigenvalue weighted by atomic mass is 10.3. The summed E-state index contributed by atoms with van der Waals surface area (Å²) in [6.45, 7) is 2.77. The van der Waals surface area contributed by atoms with E-state index in [1.807, 2.05) is 24.3 Å². The van der Waals surface area contributed by atoms with Crippen LogP contribution >= 0.6 is 11.8 Å². The molecule has 0 bridgehead atoms. The van der Waals surface area contributed by atoms with E-state index in [0.717, 1.165) is 17.5 Å². The Morgan fingerprint density at radius 2 is 2.27 bits per heavy atom. The molecule has 0 saturated carbocycles. The number of nitrogens with zero attached hydrogens (tertiary/aromatic N) is 1. The first kappa shape index (κ1) is 10.5. The summed E-state index contributed by atoms with van der Waals surface area (Å²) in [7, 11) is 0. The van der Waals surface area contributed by atoms with E-state index in [2.05, 4.69) is 11.9 Å². The monoisotopic (exact) mass is 222 g/mol. The number of para-hydroxylation sites is 2. The number of nitrogens with two attached hydrogens (primary N) is 1. The Morgan fingerprint density at radius 1 is 1.47 bits per heavy atom. The highest BCUT2D eigenvalue weighted by Crippen LogP contribution is 2.27. The molecule has 15 heavy (non-hydrogen) atoms. The van der Waals surface area contributed by atoms with Crippen molar-refractivity contribution < 1.29 is 4.42 Å². The molecule has 0 saturated heterocycles. The Labute approximate surface area is 93.0 Å². The molecule has 1 heterocycles. The highest BCUT2D eigenvalue weighted by atomic mass is 32.2. The van der Waals surface area contributed by atoms with Gasteiger partial charge in [-0.15, -0.1) is 0 Å². The van der Waals surface area contributed by atoms with E-state index in [1.54, 1.807) is 11.8 Å². The van der Waals surface area contributed by atoms with Crippen LogP contribution in [0.25, 0.3) is 11.1 Å². The predicted molar refractivity (Wildman–Crippen MR) is 63.0 cm³/mol. The molecule has 0 amide bonds. The van der Waals surface area contributed by atoms with Crippen LogP contribution in [0.3, 0.4) is 0 Å². The molecular weight excluding hydrogens is 208 g/mol. The quantitative estimate of drug-likeness (QED) is 0.808. The zero-order chi connectivity index (χ0) is 10.7. The molecule has 2 rings (SSSR count). The summed E-state index contributed by atoms with van der Waals surface area (Å²) in [4.78, 5) is 4.39. The Bertz CT molecular complexity index is 404. The van der Waals surface area contributed by atoms with Crippen molar-refractivity contribution in [3.8, 4) is 0 Å². The van der Waals surface area contributed by atoms with Gasteiger partial charge in [0.25, 0.3) is 5.22 Å². The van der Waals surface area contributed by atoms with Gasteiger partial charge in [-0.3, -0.25) is 0 Å². The van der Waals surface area contributed by atoms with Crippen molar-refractivity contribution in [2.75, 3.05) is 6.54 Å². The van der Waals surface area contributed by atoms with E-state index < -0.39 is 0 Å². The molecule has 0 radical (unpaired) electrons. The summed E-state index contributed by atoms with van der Waals surface area (Å²) in [6, 6.07) is 7.78. The lowest BCUT2D eigenvalue weighted by Gasteiger charge is -2.07. The van der Waals surface area contributed by atoms with Gasteiger partial charge in [0.05, 0.1) is 0 Å². The maximum absolute atomic E-state index is 5.64. The standard InChI is InChI=1S/C11H14N2OS/c1-2-8(7-12)15-11-13-9-5-3-4-6-10(9)14-11/h3-6,8H,2,7,12H2,1H3. The number of hydrogen-bond donors (Lipinski definition) is 1. The van der Waals surface area contributed by atoms with Crippen molar-refractivity contribution in [1.82, 2.24) is 4.98 Å². The minimum Gasteiger partial charge on any atom is -0.431 e. The van der Waals surface area contributed by atoms with Crippen LogP contribution in [0.1, 0.15) is 13.3 Å². The van der Waals surface area contributed by atoms with Crippen molar-refractivity contribution in [1.29, 1.82) is 0 Å². The highest BCUT2D eigenvalue weighted by Gasteiger charge is 2.11. The lowest BCUT2D eigenvalue weighted by molar-refractivity contribution is 0.487. The topological polar surface area (TPSA) is 52.0 Å². The normalized spacial score (nSPS) is 13.2. The van der Waals surface area contributed by atoms with Gasteiger partial charge in [-0.25, -0.2) is 4.98 Å². The number of aromatic nitrogens is 1. The van der Waals surface area contributed by atoms with Crippen LogP contribution in [0.4, 0.5) is 0 Å². The molecule has 0 spiro atoms. The van der Waals surface area contributed by atoms with Crippen LogP contribution in [0.15, 0.2) is 33.9 Å². The molecule has 1 aromatic carbocycles. The molecule has 1 atom stereocenters. The van der Waals surface area contributed by atoms with Gasteiger partial charge in [0.2, 0.25) is 0 Å². The molecule has 2 aromatic rings. The maximum Gasteiger partial charge on any atom is 0.257 e. The van der Waals surface area contributed by atoms with Gasteiger partial charge in [0.1, 0.15) is 5.52 Å². The fourth-order valence-electron chi connectivity index (χ4n) is 1.34. The van der Waals surface area contributed by atoms with Crippen LogP contribution < -0.4 is 5.73 Å². The number of thioether (sulfide) groups is 1. The van der Waals surface area contributed by atoms with Gasteiger partial charge in [-0.1, -0.05) is 30.8 Å². The van der Waals surface area contributed by atoms with E-state index >= 15 is 0 Å². The summed E-state index contributed by atoms with van der Waals surface area (Å²) in [5.41, 5.74) is 7.38. The van der Waals surface area contributed by atoms with Gasteiger partial charge in [-0.2, -0.15) is 0 Å². The number of rotatable bonds is 4. The van der Waals surface area contributed by atoms with Crippen LogP contribution in [-0.2, 0) is 0 Å². The minimum absolute atomic E-state index is 0.387. The van der Waals surface area contributed by atoms with Crippen molar-refractivity contribution >= 4 is 22.9 Å². The second-order valence-electron chi connectivity index (χ2n) is 3.33. The van der Waals surface area contributed by atoms with Crippen molar-refractivity contribution in [3.05, 3.63) is 24.3 Å². The Kier molecular flexibility index (Phi) is 3.28. The number of hydrogen-bond acceptors (Lipinski definition) is 4. The van der Waals surface area contributed by atoms with Crippen LogP contribution in [0.2, 0.25) is 0 Å². The molecule has 0 aliphatic heterocycles. The van der Waals surface area contributed by atoms with Gasteiger partial charge < -0.3 is 10.2 Å². The smallest absolute Gasteiger partial charge is 0.257 e. The van der Waals surface area contributed by atoms with Gasteiger partial charge in [-0.05, 0) is 18.6 Å². The number of benzene rings is 1. The van der Waals surface area contributed by atoms with E-state index in [0.29, 0.717) is 17.0 Å². The van der Waals surface area contributed by atoms with Gasteiger partial charge in [0.15, 0.2) is 5.58 Å². The number of oxazole rings is 1. The van der Waals surface area contributed by atoms with E-state index in [4.69, 9.17) is 10.2 Å². The zero-order valence-corrected chi connectivity index (χ0v) is 9.46. The Balaban J connectivity index is 2.21. The zero-order valence-electron chi connectivity index (χ0n) is 8.64. The molecule has 0 aliphatic carbocycles.